The maximum Gasteiger partial charge on any atom is 0.348 e. The van der Waals surface area contributed by atoms with E-state index in [-0.39, 0.29) is 5.57 Å². The van der Waals surface area contributed by atoms with Gasteiger partial charge in [0.1, 0.15) is 11.6 Å². The fourth-order valence-corrected chi connectivity index (χ4v) is 0.615. The van der Waals surface area contributed by atoms with E-state index in [4.69, 9.17) is 10.00 Å². The average Bonchev–Trinajstić information content (AvgIpc) is 2.07. The summed E-state index contributed by atoms with van der Waals surface area (Å²) in [6.07, 6.45) is 3.27. The topological polar surface area (TPSA) is 50.1 Å². The third-order valence-electron chi connectivity index (χ3n) is 1.36. The molecule has 0 unspecified atom stereocenters. The molecule has 3 nitrogen and oxygen atoms in total. The normalized spacial score (nSPS) is 10.6. The Hall–Kier alpha value is -1.30. The molecule has 0 fully saturated rings. The molecule has 0 aliphatic rings. The van der Waals surface area contributed by atoms with Crippen LogP contribution in [0.4, 0.5) is 0 Å². The minimum Gasteiger partial charge on any atom is -0.462 e. The number of hydrogen-bond acceptors (Lipinski definition) is 3. The molecule has 0 aromatic rings. The van der Waals surface area contributed by atoms with E-state index in [0.29, 0.717) is 6.61 Å². The number of carbonyl (C=O) groups is 1. The number of allylic oxidation sites excluding steroid dienone is 1. The Morgan fingerprint density at radius 1 is 1.67 bits per heavy atom. The number of nitriles is 1. The zero-order valence-electron chi connectivity index (χ0n) is 7.46. The fraction of sp³-hybridized carbons (Fsp3) is 0.556. The molecule has 3 heteroatoms. The Bertz CT molecular complexity index is 213. The van der Waals surface area contributed by atoms with Crippen molar-refractivity contribution in [3.05, 3.63) is 11.6 Å². The zero-order chi connectivity index (χ0) is 9.40. The molecule has 0 radical (unpaired) electrons. The molecular weight excluding hydrogens is 154 g/mol. The van der Waals surface area contributed by atoms with Gasteiger partial charge in [-0.25, -0.2) is 4.79 Å². The van der Waals surface area contributed by atoms with Gasteiger partial charge in [0.15, 0.2) is 0 Å². The first-order chi connectivity index (χ1) is 5.76. The lowest BCUT2D eigenvalue weighted by molar-refractivity contribution is -0.138. The van der Waals surface area contributed by atoms with Gasteiger partial charge in [0.05, 0.1) is 6.61 Å². The summed E-state index contributed by atoms with van der Waals surface area (Å²) in [4.78, 5) is 11.0. The molecule has 0 aromatic heterocycles. The van der Waals surface area contributed by atoms with Gasteiger partial charge in [0.2, 0.25) is 0 Å². The van der Waals surface area contributed by atoms with Crippen molar-refractivity contribution in [3.8, 4) is 6.07 Å². The predicted molar refractivity (Wildman–Crippen MR) is 45.2 cm³/mol. The molecule has 0 spiro atoms. The molecule has 0 bridgehead atoms. The molecule has 12 heavy (non-hydrogen) atoms. The van der Waals surface area contributed by atoms with Crippen LogP contribution in [0.2, 0.25) is 0 Å². The van der Waals surface area contributed by atoms with Crippen molar-refractivity contribution in [3.63, 3.8) is 0 Å². The third kappa shape index (κ3) is 3.77. The molecule has 0 atom stereocenters. The highest BCUT2D eigenvalue weighted by atomic mass is 16.5. The Kier molecular flexibility index (Phi) is 5.72. The molecule has 0 rings (SSSR count). The molecule has 0 aliphatic carbocycles. The van der Waals surface area contributed by atoms with Crippen LogP contribution in [0.5, 0.6) is 0 Å². The first-order valence-electron chi connectivity index (χ1n) is 3.99. The quantitative estimate of drug-likeness (QED) is 0.277. The van der Waals surface area contributed by atoms with Crippen LogP contribution < -0.4 is 0 Å². The van der Waals surface area contributed by atoms with Crippen molar-refractivity contribution < 1.29 is 9.53 Å². The van der Waals surface area contributed by atoms with Crippen LogP contribution in [-0.2, 0) is 9.53 Å². The summed E-state index contributed by atoms with van der Waals surface area (Å²) < 4.78 is 4.80. The predicted octanol–water partition coefficient (Wildman–Crippen LogP) is 1.80. The summed E-state index contributed by atoms with van der Waals surface area (Å²) in [5.41, 5.74) is 0.0751. The van der Waals surface area contributed by atoms with Crippen molar-refractivity contribution in [2.75, 3.05) is 6.61 Å². The van der Waals surface area contributed by atoms with E-state index in [1.54, 1.807) is 13.0 Å². The standard InChI is InChI=1S/C9H13NO2/c1-3-5-6-12-9(11)8(4-2)7-10/h4H,3,5-6H2,1-2H3. The van der Waals surface area contributed by atoms with Gasteiger partial charge in [-0.15, -0.1) is 0 Å². The van der Waals surface area contributed by atoms with Gasteiger partial charge in [-0.05, 0) is 13.3 Å². The van der Waals surface area contributed by atoms with Crippen LogP contribution in [0.1, 0.15) is 26.7 Å². The number of unbranched alkanes of at least 4 members (excludes halogenated alkanes) is 1. The maximum atomic E-state index is 11.0. The van der Waals surface area contributed by atoms with Crippen molar-refractivity contribution in [2.24, 2.45) is 0 Å². The van der Waals surface area contributed by atoms with Crippen molar-refractivity contribution in [1.29, 1.82) is 5.26 Å². The van der Waals surface area contributed by atoms with E-state index in [0.717, 1.165) is 12.8 Å². The summed E-state index contributed by atoms with van der Waals surface area (Å²) in [5.74, 6) is -0.520. The van der Waals surface area contributed by atoms with Crippen molar-refractivity contribution in [2.45, 2.75) is 26.7 Å². The number of nitrogens with zero attached hydrogens (tertiary/aromatic N) is 1. The summed E-state index contributed by atoms with van der Waals surface area (Å²) in [5, 5.41) is 8.43. The van der Waals surface area contributed by atoms with Gasteiger partial charge in [0.25, 0.3) is 0 Å². The largest absolute Gasteiger partial charge is 0.462 e. The van der Waals surface area contributed by atoms with Crippen LogP contribution in [-0.4, -0.2) is 12.6 Å². The Morgan fingerprint density at radius 2 is 2.33 bits per heavy atom. The molecule has 0 saturated heterocycles. The minimum atomic E-state index is -0.520. The number of esters is 1. The smallest absolute Gasteiger partial charge is 0.348 e. The Morgan fingerprint density at radius 3 is 2.75 bits per heavy atom. The fourth-order valence-electron chi connectivity index (χ4n) is 0.615. The lowest BCUT2D eigenvalue weighted by atomic mass is 10.3. The molecule has 0 saturated carbocycles. The van der Waals surface area contributed by atoms with Gasteiger partial charge in [-0.2, -0.15) is 5.26 Å². The summed E-state index contributed by atoms with van der Waals surface area (Å²) in [7, 11) is 0. The molecule has 66 valence electrons. The molecule has 0 heterocycles. The first-order valence-corrected chi connectivity index (χ1v) is 3.99. The van der Waals surface area contributed by atoms with E-state index in [9.17, 15) is 4.79 Å². The zero-order valence-corrected chi connectivity index (χ0v) is 7.46. The number of rotatable bonds is 4. The van der Waals surface area contributed by atoms with Gasteiger partial charge < -0.3 is 4.74 Å². The second kappa shape index (κ2) is 6.41. The van der Waals surface area contributed by atoms with Gasteiger partial charge in [-0.3, -0.25) is 0 Å². The van der Waals surface area contributed by atoms with E-state index < -0.39 is 5.97 Å². The average molecular weight is 167 g/mol. The summed E-state index contributed by atoms with van der Waals surface area (Å²) >= 11 is 0. The lowest BCUT2D eigenvalue weighted by Gasteiger charge is -2.00. The van der Waals surface area contributed by atoms with Crippen LogP contribution >= 0.6 is 0 Å². The van der Waals surface area contributed by atoms with Crippen LogP contribution in [0.3, 0.4) is 0 Å². The van der Waals surface area contributed by atoms with Crippen LogP contribution in [0.25, 0.3) is 0 Å². The maximum absolute atomic E-state index is 11.0. The highest BCUT2D eigenvalue weighted by Crippen LogP contribution is 1.97. The first kappa shape index (κ1) is 10.7. The SMILES string of the molecule is CC=C(C#N)C(=O)OCCCC. The minimum absolute atomic E-state index is 0.0751. The second-order valence-corrected chi connectivity index (χ2v) is 2.30. The van der Waals surface area contributed by atoms with Gasteiger partial charge in [-0.1, -0.05) is 19.4 Å². The number of carbonyl (C=O) groups excluding carboxylic acids is 1. The van der Waals surface area contributed by atoms with Gasteiger partial charge in [0, 0.05) is 0 Å². The molecule has 0 N–H and O–H groups in total. The molecule has 0 aliphatic heterocycles. The third-order valence-corrected chi connectivity index (χ3v) is 1.36. The lowest BCUT2D eigenvalue weighted by Crippen LogP contribution is -2.07. The Labute approximate surface area is 72.6 Å². The molecule has 0 amide bonds. The van der Waals surface area contributed by atoms with E-state index in [1.807, 2.05) is 6.92 Å². The highest BCUT2D eigenvalue weighted by Gasteiger charge is 2.07. The van der Waals surface area contributed by atoms with E-state index >= 15 is 0 Å². The highest BCUT2D eigenvalue weighted by molar-refractivity contribution is 5.92. The van der Waals surface area contributed by atoms with E-state index in [1.165, 1.54) is 6.08 Å². The van der Waals surface area contributed by atoms with Gasteiger partial charge >= 0.3 is 5.97 Å². The monoisotopic (exact) mass is 167 g/mol. The second-order valence-electron chi connectivity index (χ2n) is 2.30. The molecule has 0 aromatic carbocycles. The summed E-state index contributed by atoms with van der Waals surface area (Å²) in [6, 6.07) is 1.76. The number of hydrogen-bond donors (Lipinski definition) is 0. The van der Waals surface area contributed by atoms with Crippen LogP contribution in [0, 0.1) is 11.3 Å². The van der Waals surface area contributed by atoms with Crippen LogP contribution in [0.15, 0.2) is 11.6 Å². The van der Waals surface area contributed by atoms with Crippen molar-refractivity contribution in [1.82, 2.24) is 0 Å². The summed E-state index contributed by atoms with van der Waals surface area (Å²) in [6.45, 7) is 4.04. The van der Waals surface area contributed by atoms with E-state index in [2.05, 4.69) is 0 Å². The Balaban J connectivity index is 3.81. The van der Waals surface area contributed by atoms with Crippen molar-refractivity contribution >= 4 is 5.97 Å². The number of ether oxygens (including phenoxy) is 1. The molecular formula is C9H13NO2.